The molecule has 27 heavy (non-hydrogen) atoms. The first-order valence-corrected chi connectivity index (χ1v) is 9.71. The Morgan fingerprint density at radius 1 is 1.19 bits per heavy atom. The number of carbonyl (C=O) groups is 1. The van der Waals surface area contributed by atoms with Crippen molar-refractivity contribution in [3.05, 3.63) is 77.6 Å². The summed E-state index contributed by atoms with van der Waals surface area (Å²) in [5, 5.41) is 6.60. The Morgan fingerprint density at radius 3 is 2.63 bits per heavy atom. The highest BCUT2D eigenvalue weighted by atomic mass is 32.2. The lowest BCUT2D eigenvalue weighted by Gasteiger charge is -2.08. The summed E-state index contributed by atoms with van der Waals surface area (Å²) >= 11 is 0. The predicted octanol–water partition coefficient (Wildman–Crippen LogP) is 2.48. The van der Waals surface area contributed by atoms with Crippen LogP contribution in [0.5, 0.6) is 0 Å². The Bertz CT molecular complexity index is 1110. The molecule has 2 aromatic carbocycles. The van der Waals surface area contributed by atoms with Crippen LogP contribution in [0.15, 0.2) is 59.8 Å². The highest BCUT2D eigenvalue weighted by molar-refractivity contribution is 7.90. The number of hydrogen-bond acceptors (Lipinski definition) is 4. The molecule has 1 heterocycles. The van der Waals surface area contributed by atoms with E-state index in [9.17, 15) is 22.0 Å². The fraction of sp³-hybridized carbons (Fsp3) is 0.111. The van der Waals surface area contributed by atoms with Gasteiger partial charge in [-0.2, -0.15) is 5.10 Å². The van der Waals surface area contributed by atoms with Gasteiger partial charge in [-0.3, -0.25) is 4.79 Å². The molecule has 0 spiro atoms. The molecule has 0 saturated heterocycles. The first-order valence-electron chi connectivity index (χ1n) is 7.82. The molecule has 3 aromatic rings. The fourth-order valence-corrected chi connectivity index (χ4v) is 3.39. The van der Waals surface area contributed by atoms with Crippen LogP contribution in [0.4, 0.5) is 8.78 Å². The van der Waals surface area contributed by atoms with E-state index < -0.39 is 27.4 Å². The zero-order valence-electron chi connectivity index (χ0n) is 14.2. The van der Waals surface area contributed by atoms with Crippen molar-refractivity contribution in [3.8, 4) is 5.69 Å². The van der Waals surface area contributed by atoms with Gasteiger partial charge in [-0.25, -0.2) is 21.9 Å². The SMILES string of the molecule is CS(=O)(=O)c1ccccc1C(=O)NCc1cnn(-c2ccc(F)cc2F)c1. The van der Waals surface area contributed by atoms with Gasteiger partial charge in [0.25, 0.3) is 5.91 Å². The van der Waals surface area contributed by atoms with Crippen molar-refractivity contribution in [1.82, 2.24) is 15.1 Å². The average molecular weight is 391 g/mol. The van der Waals surface area contributed by atoms with E-state index in [1.165, 1.54) is 41.3 Å². The average Bonchev–Trinajstić information content (AvgIpc) is 3.07. The molecule has 1 aromatic heterocycles. The number of nitrogens with zero attached hydrogens (tertiary/aromatic N) is 2. The third-order valence-electron chi connectivity index (χ3n) is 3.78. The molecular formula is C18H15F2N3O3S. The second-order valence-corrected chi connectivity index (χ2v) is 7.82. The summed E-state index contributed by atoms with van der Waals surface area (Å²) in [5.41, 5.74) is 0.664. The second kappa shape index (κ2) is 7.28. The Kier molecular flexibility index (Phi) is 5.04. The quantitative estimate of drug-likeness (QED) is 0.725. The van der Waals surface area contributed by atoms with Gasteiger partial charge < -0.3 is 5.32 Å². The van der Waals surface area contributed by atoms with Crippen molar-refractivity contribution >= 4 is 15.7 Å². The van der Waals surface area contributed by atoms with Gasteiger partial charge in [0.15, 0.2) is 15.7 Å². The molecular weight excluding hydrogens is 376 g/mol. The monoisotopic (exact) mass is 391 g/mol. The summed E-state index contributed by atoms with van der Waals surface area (Å²) in [7, 11) is -3.55. The number of aromatic nitrogens is 2. The van der Waals surface area contributed by atoms with E-state index in [0.29, 0.717) is 5.56 Å². The van der Waals surface area contributed by atoms with Gasteiger partial charge >= 0.3 is 0 Å². The number of carbonyl (C=O) groups excluding carboxylic acids is 1. The number of halogens is 2. The maximum atomic E-state index is 13.8. The van der Waals surface area contributed by atoms with Crippen molar-refractivity contribution in [2.24, 2.45) is 0 Å². The summed E-state index contributed by atoms with van der Waals surface area (Å²) in [6.07, 6.45) is 3.94. The van der Waals surface area contributed by atoms with Gasteiger partial charge in [0, 0.05) is 30.6 Å². The number of benzene rings is 2. The lowest BCUT2D eigenvalue weighted by molar-refractivity contribution is 0.0947. The largest absolute Gasteiger partial charge is 0.348 e. The molecule has 1 N–H and O–H groups in total. The first-order chi connectivity index (χ1) is 12.8. The summed E-state index contributed by atoms with van der Waals surface area (Å²) in [5.74, 6) is -2.02. The molecule has 0 radical (unpaired) electrons. The van der Waals surface area contributed by atoms with E-state index >= 15 is 0 Å². The van der Waals surface area contributed by atoms with Gasteiger partial charge in [0.1, 0.15) is 11.5 Å². The Labute approximate surface area is 154 Å². The standard InChI is InChI=1S/C18H15F2N3O3S/c1-27(25,26)17-5-3-2-4-14(17)18(24)21-9-12-10-22-23(11-12)16-7-6-13(19)8-15(16)20/h2-8,10-11H,9H2,1H3,(H,21,24). The molecule has 0 aliphatic heterocycles. The molecule has 0 aliphatic rings. The molecule has 6 nitrogen and oxygen atoms in total. The van der Waals surface area contributed by atoms with E-state index in [1.807, 2.05) is 0 Å². The van der Waals surface area contributed by atoms with Crippen LogP contribution < -0.4 is 5.32 Å². The Morgan fingerprint density at radius 2 is 1.93 bits per heavy atom. The van der Waals surface area contributed by atoms with E-state index in [1.54, 1.807) is 6.07 Å². The van der Waals surface area contributed by atoms with Gasteiger partial charge in [-0.05, 0) is 24.3 Å². The Balaban J connectivity index is 1.75. The van der Waals surface area contributed by atoms with Crippen LogP contribution in [0.3, 0.4) is 0 Å². The minimum atomic E-state index is -3.55. The van der Waals surface area contributed by atoms with Gasteiger partial charge in [0.2, 0.25) is 0 Å². The first kappa shape index (κ1) is 18.7. The summed E-state index contributed by atoms with van der Waals surface area (Å²) < 4.78 is 51.6. The number of rotatable bonds is 5. The van der Waals surface area contributed by atoms with E-state index in [-0.39, 0.29) is 22.7 Å². The minimum absolute atomic E-state index is 0.0389. The van der Waals surface area contributed by atoms with Crippen molar-refractivity contribution in [3.63, 3.8) is 0 Å². The number of nitrogens with one attached hydrogen (secondary N) is 1. The molecule has 0 aliphatic carbocycles. The number of hydrogen-bond donors (Lipinski definition) is 1. The van der Waals surface area contributed by atoms with Crippen LogP contribution in [0.25, 0.3) is 5.69 Å². The zero-order chi connectivity index (χ0) is 19.6. The molecule has 9 heteroatoms. The molecule has 1 amide bonds. The Hall–Kier alpha value is -3.07. The molecule has 0 atom stereocenters. The van der Waals surface area contributed by atoms with Crippen molar-refractivity contribution in [2.45, 2.75) is 11.4 Å². The van der Waals surface area contributed by atoms with Crippen LogP contribution in [0.2, 0.25) is 0 Å². The smallest absolute Gasteiger partial charge is 0.252 e. The normalized spacial score (nSPS) is 11.4. The maximum absolute atomic E-state index is 13.8. The second-order valence-electron chi connectivity index (χ2n) is 5.84. The summed E-state index contributed by atoms with van der Waals surface area (Å²) in [4.78, 5) is 12.3. The highest BCUT2D eigenvalue weighted by Gasteiger charge is 2.18. The van der Waals surface area contributed by atoms with Crippen LogP contribution in [-0.4, -0.2) is 30.4 Å². The molecule has 140 valence electrons. The van der Waals surface area contributed by atoms with E-state index in [2.05, 4.69) is 10.4 Å². The minimum Gasteiger partial charge on any atom is -0.348 e. The molecule has 0 saturated carbocycles. The van der Waals surface area contributed by atoms with Crippen molar-refractivity contribution in [2.75, 3.05) is 6.26 Å². The van der Waals surface area contributed by atoms with E-state index in [4.69, 9.17) is 0 Å². The topological polar surface area (TPSA) is 81.1 Å². The van der Waals surface area contributed by atoms with Gasteiger partial charge in [-0.15, -0.1) is 0 Å². The van der Waals surface area contributed by atoms with Crippen LogP contribution >= 0.6 is 0 Å². The lowest BCUT2D eigenvalue weighted by atomic mass is 10.2. The van der Waals surface area contributed by atoms with Crippen molar-refractivity contribution in [1.29, 1.82) is 0 Å². The predicted molar refractivity (Wildman–Crippen MR) is 94.2 cm³/mol. The number of sulfone groups is 1. The molecule has 0 bridgehead atoms. The molecule has 3 rings (SSSR count). The van der Waals surface area contributed by atoms with Crippen LogP contribution in [0.1, 0.15) is 15.9 Å². The van der Waals surface area contributed by atoms with E-state index in [0.717, 1.165) is 18.4 Å². The molecule has 0 fully saturated rings. The zero-order valence-corrected chi connectivity index (χ0v) is 15.0. The van der Waals surface area contributed by atoms with Crippen molar-refractivity contribution < 1.29 is 22.0 Å². The van der Waals surface area contributed by atoms with Gasteiger partial charge in [-0.1, -0.05) is 12.1 Å². The van der Waals surface area contributed by atoms with Crippen LogP contribution in [-0.2, 0) is 16.4 Å². The number of amides is 1. The summed E-state index contributed by atoms with van der Waals surface area (Å²) in [6.45, 7) is 0.0553. The fourth-order valence-electron chi connectivity index (χ4n) is 2.51. The van der Waals surface area contributed by atoms with Crippen LogP contribution in [0, 0.1) is 11.6 Å². The maximum Gasteiger partial charge on any atom is 0.252 e. The van der Waals surface area contributed by atoms with Gasteiger partial charge in [0.05, 0.1) is 16.7 Å². The molecule has 0 unspecified atom stereocenters. The third kappa shape index (κ3) is 4.20. The third-order valence-corrected chi connectivity index (χ3v) is 4.93. The highest BCUT2D eigenvalue weighted by Crippen LogP contribution is 2.16. The lowest BCUT2D eigenvalue weighted by Crippen LogP contribution is -2.24. The summed E-state index contributed by atoms with van der Waals surface area (Å²) in [6, 6.07) is 9.00.